The molecule has 0 saturated heterocycles. The monoisotopic (exact) mass is 251 g/mol. The third-order valence-corrected chi connectivity index (χ3v) is 2.42. The van der Waals surface area contributed by atoms with Gasteiger partial charge in [-0.25, -0.2) is 9.97 Å². The second kappa shape index (κ2) is 6.78. The van der Waals surface area contributed by atoms with Crippen molar-refractivity contribution in [3.05, 3.63) is 11.9 Å². The highest BCUT2D eigenvalue weighted by Crippen LogP contribution is 2.13. The van der Waals surface area contributed by atoms with Crippen LogP contribution in [0.4, 0.5) is 11.6 Å². The zero-order valence-electron chi connectivity index (χ0n) is 11.4. The second-order valence-corrected chi connectivity index (χ2v) is 4.11. The largest absolute Gasteiger partial charge is 0.373 e. The van der Waals surface area contributed by atoms with Crippen LogP contribution in [0, 0.1) is 6.92 Å². The van der Waals surface area contributed by atoms with E-state index in [0.29, 0.717) is 18.9 Å². The number of carbonyl (C=O) groups excluding carboxylic acids is 1. The van der Waals surface area contributed by atoms with Gasteiger partial charge in [0.1, 0.15) is 17.5 Å². The van der Waals surface area contributed by atoms with Gasteiger partial charge in [0.05, 0.1) is 6.54 Å². The summed E-state index contributed by atoms with van der Waals surface area (Å²) in [5.74, 6) is 2.16. The summed E-state index contributed by atoms with van der Waals surface area (Å²) in [6.45, 7) is 4.85. The van der Waals surface area contributed by atoms with Crippen LogP contribution in [0.15, 0.2) is 6.07 Å². The zero-order chi connectivity index (χ0) is 13.5. The summed E-state index contributed by atoms with van der Waals surface area (Å²) in [5.41, 5.74) is 0. The first-order chi connectivity index (χ1) is 8.56. The van der Waals surface area contributed by atoms with Gasteiger partial charge in [-0.15, -0.1) is 0 Å². The van der Waals surface area contributed by atoms with Gasteiger partial charge in [-0.3, -0.25) is 4.79 Å². The standard InChI is InChI=1S/C12H21N5O/c1-5-6-14-12(18)8-17(4)11-7-10(13-3)15-9(2)16-11/h7H,5-6,8H2,1-4H3,(H,14,18)(H,13,15,16). The topological polar surface area (TPSA) is 70.2 Å². The number of hydrogen-bond acceptors (Lipinski definition) is 5. The van der Waals surface area contributed by atoms with Gasteiger partial charge in [-0.2, -0.15) is 0 Å². The van der Waals surface area contributed by atoms with Crippen LogP contribution in [0.5, 0.6) is 0 Å². The molecule has 0 unspecified atom stereocenters. The van der Waals surface area contributed by atoms with Crippen molar-refractivity contribution in [2.24, 2.45) is 0 Å². The van der Waals surface area contributed by atoms with Crippen LogP contribution < -0.4 is 15.5 Å². The van der Waals surface area contributed by atoms with Gasteiger partial charge >= 0.3 is 0 Å². The molecule has 0 spiro atoms. The number of rotatable bonds is 6. The molecule has 1 rings (SSSR count). The van der Waals surface area contributed by atoms with Crippen molar-refractivity contribution in [2.45, 2.75) is 20.3 Å². The van der Waals surface area contributed by atoms with Crippen molar-refractivity contribution >= 4 is 17.5 Å². The lowest BCUT2D eigenvalue weighted by atomic mass is 10.4. The van der Waals surface area contributed by atoms with Gasteiger partial charge in [0.25, 0.3) is 0 Å². The normalized spacial score (nSPS) is 10.0. The fraction of sp³-hybridized carbons (Fsp3) is 0.583. The molecule has 0 aliphatic heterocycles. The van der Waals surface area contributed by atoms with Crippen molar-refractivity contribution in [2.75, 3.05) is 37.4 Å². The van der Waals surface area contributed by atoms with Crippen LogP contribution in [0.25, 0.3) is 0 Å². The van der Waals surface area contributed by atoms with E-state index in [4.69, 9.17) is 0 Å². The van der Waals surface area contributed by atoms with Crippen molar-refractivity contribution in [3.63, 3.8) is 0 Å². The predicted molar refractivity (Wildman–Crippen MR) is 72.9 cm³/mol. The number of amides is 1. The minimum absolute atomic E-state index is 0.00150. The molecule has 0 fully saturated rings. The van der Waals surface area contributed by atoms with E-state index < -0.39 is 0 Å². The molecule has 6 nitrogen and oxygen atoms in total. The maximum atomic E-state index is 11.6. The third kappa shape index (κ3) is 4.20. The second-order valence-electron chi connectivity index (χ2n) is 4.11. The molecule has 18 heavy (non-hydrogen) atoms. The molecule has 0 atom stereocenters. The lowest BCUT2D eigenvalue weighted by Gasteiger charge is -2.18. The number of aryl methyl sites for hydroxylation is 1. The number of nitrogens with zero attached hydrogens (tertiary/aromatic N) is 3. The van der Waals surface area contributed by atoms with Crippen LogP contribution in [0.1, 0.15) is 19.2 Å². The minimum atomic E-state index is 0.00150. The number of hydrogen-bond donors (Lipinski definition) is 2. The van der Waals surface area contributed by atoms with Crippen molar-refractivity contribution in [1.29, 1.82) is 0 Å². The molecule has 0 aromatic carbocycles. The Morgan fingerprint density at radius 3 is 2.78 bits per heavy atom. The van der Waals surface area contributed by atoms with E-state index in [0.717, 1.165) is 18.1 Å². The van der Waals surface area contributed by atoms with Crippen LogP contribution >= 0.6 is 0 Å². The van der Waals surface area contributed by atoms with E-state index in [-0.39, 0.29) is 5.91 Å². The highest BCUT2D eigenvalue weighted by molar-refractivity contribution is 5.80. The highest BCUT2D eigenvalue weighted by Gasteiger charge is 2.09. The summed E-state index contributed by atoms with van der Waals surface area (Å²) in [4.78, 5) is 21.9. The lowest BCUT2D eigenvalue weighted by Crippen LogP contribution is -2.35. The van der Waals surface area contributed by atoms with Crippen molar-refractivity contribution in [1.82, 2.24) is 15.3 Å². The lowest BCUT2D eigenvalue weighted by molar-refractivity contribution is -0.119. The molecule has 1 aromatic rings. The fourth-order valence-electron chi connectivity index (χ4n) is 1.49. The molecule has 6 heteroatoms. The zero-order valence-corrected chi connectivity index (χ0v) is 11.4. The average molecular weight is 251 g/mol. The number of likely N-dealkylation sites (N-methyl/N-ethyl adjacent to an activating group) is 1. The van der Waals surface area contributed by atoms with Gasteiger partial charge in [0.2, 0.25) is 5.91 Å². The van der Waals surface area contributed by atoms with E-state index >= 15 is 0 Å². The number of aromatic nitrogens is 2. The summed E-state index contributed by atoms with van der Waals surface area (Å²) < 4.78 is 0. The Labute approximate surface area is 108 Å². The Bertz CT molecular complexity index is 407. The van der Waals surface area contributed by atoms with E-state index in [2.05, 4.69) is 20.6 Å². The quantitative estimate of drug-likeness (QED) is 0.782. The Morgan fingerprint density at radius 2 is 2.17 bits per heavy atom. The molecular weight excluding hydrogens is 230 g/mol. The van der Waals surface area contributed by atoms with E-state index in [1.165, 1.54) is 0 Å². The van der Waals surface area contributed by atoms with Crippen LogP contribution in [-0.2, 0) is 4.79 Å². The molecule has 1 amide bonds. The molecule has 1 heterocycles. The number of anilines is 2. The average Bonchev–Trinajstić information content (AvgIpc) is 2.35. The minimum Gasteiger partial charge on any atom is -0.373 e. The van der Waals surface area contributed by atoms with E-state index in [1.54, 1.807) is 11.9 Å². The molecule has 2 N–H and O–H groups in total. The molecule has 0 saturated carbocycles. The molecule has 0 radical (unpaired) electrons. The Hall–Kier alpha value is -1.85. The first-order valence-electron chi connectivity index (χ1n) is 6.08. The summed E-state index contributed by atoms with van der Waals surface area (Å²) in [6.07, 6.45) is 0.936. The van der Waals surface area contributed by atoms with E-state index in [9.17, 15) is 4.79 Å². The summed E-state index contributed by atoms with van der Waals surface area (Å²) in [7, 11) is 3.65. The number of nitrogens with one attached hydrogen (secondary N) is 2. The molecule has 1 aromatic heterocycles. The SMILES string of the molecule is CCCNC(=O)CN(C)c1cc(NC)nc(C)n1. The van der Waals surface area contributed by atoms with Crippen LogP contribution in [0.3, 0.4) is 0 Å². The summed E-state index contributed by atoms with van der Waals surface area (Å²) in [6, 6.07) is 1.82. The molecule has 100 valence electrons. The molecule has 0 aliphatic rings. The van der Waals surface area contributed by atoms with Crippen molar-refractivity contribution in [3.8, 4) is 0 Å². The summed E-state index contributed by atoms with van der Waals surface area (Å²) in [5, 5.41) is 5.81. The first-order valence-corrected chi connectivity index (χ1v) is 6.08. The molecule has 0 bridgehead atoms. The maximum Gasteiger partial charge on any atom is 0.239 e. The predicted octanol–water partition coefficient (Wildman–Crippen LogP) is 0.789. The molecule has 0 aliphatic carbocycles. The fourth-order valence-corrected chi connectivity index (χ4v) is 1.49. The van der Waals surface area contributed by atoms with Gasteiger partial charge in [-0.1, -0.05) is 6.92 Å². The Balaban J connectivity index is 2.68. The highest BCUT2D eigenvalue weighted by atomic mass is 16.2. The molecular formula is C12H21N5O. The van der Waals surface area contributed by atoms with Gasteiger partial charge in [0, 0.05) is 26.7 Å². The summed E-state index contributed by atoms with van der Waals surface area (Å²) >= 11 is 0. The Morgan fingerprint density at radius 1 is 1.44 bits per heavy atom. The maximum absolute atomic E-state index is 11.6. The van der Waals surface area contributed by atoms with Crippen molar-refractivity contribution < 1.29 is 4.79 Å². The van der Waals surface area contributed by atoms with Crippen LogP contribution in [0.2, 0.25) is 0 Å². The Kier molecular flexibility index (Phi) is 5.35. The van der Waals surface area contributed by atoms with Gasteiger partial charge < -0.3 is 15.5 Å². The number of carbonyl (C=O) groups is 1. The smallest absolute Gasteiger partial charge is 0.239 e. The third-order valence-electron chi connectivity index (χ3n) is 2.42. The first kappa shape index (κ1) is 14.2. The van der Waals surface area contributed by atoms with E-state index in [1.807, 2.05) is 27.0 Å². The van der Waals surface area contributed by atoms with Gasteiger partial charge in [-0.05, 0) is 13.3 Å². The van der Waals surface area contributed by atoms with Gasteiger partial charge in [0.15, 0.2) is 0 Å². The van der Waals surface area contributed by atoms with Crippen LogP contribution in [-0.4, -0.2) is 43.1 Å².